The van der Waals surface area contributed by atoms with Gasteiger partial charge in [0, 0.05) is 29.5 Å². The quantitative estimate of drug-likeness (QED) is 0.720. The van der Waals surface area contributed by atoms with Crippen molar-refractivity contribution < 1.29 is 4.42 Å². The van der Waals surface area contributed by atoms with E-state index in [-0.39, 0.29) is 0 Å². The van der Waals surface area contributed by atoms with Crippen LogP contribution >= 0.6 is 11.6 Å². The standard InChI is InChI=1S/C17H19ClN4O/c1-10-19-15-13-8-11(18)4-5-14(13)23-16(15)17(20-10)22-7-6-12(9-22)21(2)3/h4-5,8,12H,6-7,9H2,1-3H3. The molecule has 6 heteroatoms. The zero-order valence-electron chi connectivity index (χ0n) is 13.5. The molecule has 0 aliphatic carbocycles. The highest BCUT2D eigenvalue weighted by Gasteiger charge is 2.28. The molecule has 0 bridgehead atoms. The second-order valence-electron chi connectivity index (χ2n) is 6.37. The highest BCUT2D eigenvalue weighted by atomic mass is 35.5. The molecule has 1 saturated heterocycles. The number of aryl methyl sites for hydroxylation is 1. The molecule has 1 fully saturated rings. The van der Waals surface area contributed by atoms with Gasteiger partial charge < -0.3 is 14.2 Å². The summed E-state index contributed by atoms with van der Waals surface area (Å²) in [6.45, 7) is 3.86. The Morgan fingerprint density at radius 3 is 2.87 bits per heavy atom. The summed E-state index contributed by atoms with van der Waals surface area (Å²) in [7, 11) is 4.25. The number of halogens is 1. The molecular weight excluding hydrogens is 312 g/mol. The number of aromatic nitrogens is 2. The Morgan fingerprint density at radius 2 is 2.13 bits per heavy atom. The van der Waals surface area contributed by atoms with E-state index in [0.29, 0.717) is 11.1 Å². The first kappa shape index (κ1) is 14.7. The summed E-state index contributed by atoms with van der Waals surface area (Å²) in [5.41, 5.74) is 2.40. The number of hydrogen-bond acceptors (Lipinski definition) is 5. The van der Waals surface area contributed by atoms with Gasteiger partial charge in [-0.15, -0.1) is 0 Å². The molecule has 4 rings (SSSR count). The third-order valence-corrected chi connectivity index (χ3v) is 4.80. The van der Waals surface area contributed by atoms with E-state index in [2.05, 4.69) is 33.9 Å². The van der Waals surface area contributed by atoms with Crippen LogP contribution < -0.4 is 4.90 Å². The minimum Gasteiger partial charge on any atom is -0.450 e. The van der Waals surface area contributed by atoms with Gasteiger partial charge in [-0.3, -0.25) is 0 Å². The molecule has 0 saturated carbocycles. The molecule has 0 spiro atoms. The second-order valence-corrected chi connectivity index (χ2v) is 6.80. The van der Waals surface area contributed by atoms with Gasteiger partial charge in [-0.05, 0) is 45.6 Å². The molecule has 5 nitrogen and oxygen atoms in total. The zero-order chi connectivity index (χ0) is 16.1. The van der Waals surface area contributed by atoms with Crippen LogP contribution in [0, 0.1) is 6.92 Å². The maximum Gasteiger partial charge on any atom is 0.196 e. The van der Waals surface area contributed by atoms with Crippen molar-refractivity contribution in [3.05, 3.63) is 29.0 Å². The molecule has 3 aromatic rings. The van der Waals surface area contributed by atoms with Crippen molar-refractivity contribution in [1.29, 1.82) is 0 Å². The Morgan fingerprint density at radius 1 is 1.30 bits per heavy atom. The first-order valence-electron chi connectivity index (χ1n) is 7.80. The van der Waals surface area contributed by atoms with E-state index in [0.717, 1.165) is 53.2 Å². The van der Waals surface area contributed by atoms with Gasteiger partial charge in [0.2, 0.25) is 0 Å². The maximum absolute atomic E-state index is 6.14. The van der Waals surface area contributed by atoms with E-state index in [9.17, 15) is 0 Å². The van der Waals surface area contributed by atoms with Gasteiger partial charge in [0.15, 0.2) is 11.4 Å². The summed E-state index contributed by atoms with van der Waals surface area (Å²) in [6, 6.07) is 6.18. The van der Waals surface area contributed by atoms with Crippen LogP contribution in [0.4, 0.5) is 5.82 Å². The SMILES string of the molecule is Cc1nc(N2CCC(N(C)C)C2)c2oc3ccc(Cl)cc3c2n1. The van der Waals surface area contributed by atoms with E-state index >= 15 is 0 Å². The second kappa shape index (κ2) is 5.35. The van der Waals surface area contributed by atoms with Gasteiger partial charge in [0.25, 0.3) is 0 Å². The van der Waals surface area contributed by atoms with E-state index in [1.54, 1.807) is 0 Å². The monoisotopic (exact) mass is 330 g/mol. The molecule has 1 unspecified atom stereocenters. The highest BCUT2D eigenvalue weighted by Crippen LogP contribution is 2.35. The lowest BCUT2D eigenvalue weighted by Crippen LogP contribution is -2.31. The zero-order valence-corrected chi connectivity index (χ0v) is 14.3. The van der Waals surface area contributed by atoms with Gasteiger partial charge in [0.1, 0.15) is 16.9 Å². The van der Waals surface area contributed by atoms with Crippen molar-refractivity contribution in [3.63, 3.8) is 0 Å². The van der Waals surface area contributed by atoms with E-state index < -0.39 is 0 Å². The lowest BCUT2D eigenvalue weighted by molar-refractivity contribution is 0.315. The fourth-order valence-electron chi connectivity index (χ4n) is 3.28. The fraction of sp³-hybridized carbons (Fsp3) is 0.412. The Balaban J connectivity index is 1.88. The number of likely N-dealkylation sites (N-methyl/N-ethyl adjacent to an activating group) is 1. The number of nitrogens with zero attached hydrogens (tertiary/aromatic N) is 4. The van der Waals surface area contributed by atoms with Crippen LogP contribution in [0.3, 0.4) is 0 Å². The normalized spacial score (nSPS) is 18.7. The summed E-state index contributed by atoms with van der Waals surface area (Å²) in [4.78, 5) is 13.8. The van der Waals surface area contributed by atoms with Gasteiger partial charge in [-0.1, -0.05) is 11.6 Å². The summed E-state index contributed by atoms with van der Waals surface area (Å²) in [5.74, 6) is 1.65. The average molecular weight is 331 g/mol. The third kappa shape index (κ3) is 2.44. The molecule has 0 radical (unpaired) electrons. The molecule has 3 heterocycles. The molecule has 0 amide bonds. The van der Waals surface area contributed by atoms with Crippen molar-refractivity contribution in [2.45, 2.75) is 19.4 Å². The molecule has 1 aliphatic rings. The third-order valence-electron chi connectivity index (χ3n) is 4.56. The average Bonchev–Trinajstić information content (AvgIpc) is 3.11. The van der Waals surface area contributed by atoms with Crippen LogP contribution in [-0.4, -0.2) is 48.1 Å². The minimum absolute atomic E-state index is 0.541. The lowest BCUT2D eigenvalue weighted by atomic mass is 10.2. The summed E-state index contributed by atoms with van der Waals surface area (Å²) >= 11 is 6.14. The minimum atomic E-state index is 0.541. The maximum atomic E-state index is 6.14. The van der Waals surface area contributed by atoms with Gasteiger partial charge >= 0.3 is 0 Å². The van der Waals surface area contributed by atoms with Crippen molar-refractivity contribution >= 4 is 39.5 Å². The predicted octanol–water partition coefficient (Wildman–Crippen LogP) is 3.48. The summed E-state index contributed by atoms with van der Waals surface area (Å²) in [6.07, 6.45) is 1.13. The van der Waals surface area contributed by atoms with Crippen LogP contribution in [0.25, 0.3) is 22.1 Å². The molecular formula is C17H19ClN4O. The van der Waals surface area contributed by atoms with Crippen molar-refractivity contribution in [3.8, 4) is 0 Å². The van der Waals surface area contributed by atoms with Crippen LogP contribution in [0.15, 0.2) is 22.6 Å². The van der Waals surface area contributed by atoms with Gasteiger partial charge in [0.05, 0.1) is 0 Å². The first-order chi connectivity index (χ1) is 11.0. The molecule has 2 aromatic heterocycles. The van der Waals surface area contributed by atoms with Crippen LogP contribution in [0.5, 0.6) is 0 Å². The Hall–Kier alpha value is -1.85. The Kier molecular flexibility index (Phi) is 3.43. The van der Waals surface area contributed by atoms with Crippen LogP contribution in [-0.2, 0) is 0 Å². The van der Waals surface area contributed by atoms with Crippen molar-refractivity contribution in [2.24, 2.45) is 0 Å². The number of anilines is 1. The topological polar surface area (TPSA) is 45.4 Å². The Bertz CT molecular complexity index is 889. The molecule has 1 atom stereocenters. The number of rotatable bonds is 2. The highest BCUT2D eigenvalue weighted by molar-refractivity contribution is 6.31. The molecule has 23 heavy (non-hydrogen) atoms. The van der Waals surface area contributed by atoms with Crippen molar-refractivity contribution in [1.82, 2.24) is 14.9 Å². The summed E-state index contributed by atoms with van der Waals surface area (Å²) < 4.78 is 6.06. The number of fused-ring (bicyclic) bond motifs is 3. The molecule has 1 aromatic carbocycles. The number of furan rings is 1. The van der Waals surface area contributed by atoms with E-state index in [1.165, 1.54) is 0 Å². The predicted molar refractivity (Wildman–Crippen MR) is 93.4 cm³/mol. The first-order valence-corrected chi connectivity index (χ1v) is 8.18. The van der Waals surface area contributed by atoms with Crippen molar-refractivity contribution in [2.75, 3.05) is 32.1 Å². The van der Waals surface area contributed by atoms with E-state index in [4.69, 9.17) is 16.0 Å². The largest absolute Gasteiger partial charge is 0.450 e. The fourth-order valence-corrected chi connectivity index (χ4v) is 3.45. The molecule has 1 aliphatic heterocycles. The smallest absolute Gasteiger partial charge is 0.196 e. The van der Waals surface area contributed by atoms with Crippen LogP contribution in [0.1, 0.15) is 12.2 Å². The van der Waals surface area contributed by atoms with E-state index in [1.807, 2.05) is 25.1 Å². The summed E-state index contributed by atoms with van der Waals surface area (Å²) in [5, 5.41) is 1.63. The number of hydrogen-bond donors (Lipinski definition) is 0. The Labute approximate surface area is 139 Å². The molecule has 120 valence electrons. The van der Waals surface area contributed by atoms with Gasteiger partial charge in [-0.2, -0.15) is 0 Å². The molecule has 0 N–H and O–H groups in total. The number of benzene rings is 1. The lowest BCUT2D eigenvalue weighted by Gasteiger charge is -2.21. The van der Waals surface area contributed by atoms with Crippen LogP contribution in [0.2, 0.25) is 5.02 Å². The van der Waals surface area contributed by atoms with Gasteiger partial charge in [-0.25, -0.2) is 9.97 Å².